The third-order valence-corrected chi connectivity index (χ3v) is 5.41. The van der Waals surface area contributed by atoms with E-state index in [4.69, 9.17) is 15.1 Å². The summed E-state index contributed by atoms with van der Waals surface area (Å²) < 4.78 is 28.5. The molecule has 0 radical (unpaired) electrons. The predicted molar refractivity (Wildman–Crippen MR) is 111 cm³/mol. The lowest BCUT2D eigenvalue weighted by Crippen LogP contribution is -2.25. The molecule has 0 unspecified atom stereocenters. The average molecular weight is 421 g/mol. The first-order valence-corrected chi connectivity index (χ1v) is 10.6. The number of rotatable bonds is 5. The van der Waals surface area contributed by atoms with Gasteiger partial charge < -0.3 is 10.1 Å². The number of nitrogens with one attached hydrogen (secondary N) is 1. The van der Waals surface area contributed by atoms with Crippen LogP contribution in [0.4, 0.5) is 0 Å². The minimum Gasteiger partial charge on any atom is -0.461 e. The van der Waals surface area contributed by atoms with Gasteiger partial charge in [-0.1, -0.05) is 0 Å². The molecule has 1 amide bonds. The number of aryl methyl sites for hydroxylation is 1. The van der Waals surface area contributed by atoms with Gasteiger partial charge in [-0.05, 0) is 79.3 Å². The Hall–Kier alpha value is -3.59. The fourth-order valence-electron chi connectivity index (χ4n) is 2.95. The Bertz CT molecular complexity index is 1280. The molecule has 8 heteroatoms. The lowest BCUT2D eigenvalue weighted by atomic mass is 9.97. The first-order chi connectivity index (χ1) is 14.2. The van der Waals surface area contributed by atoms with Crippen LogP contribution in [-0.2, 0) is 14.8 Å². The van der Waals surface area contributed by atoms with Gasteiger partial charge in [-0.3, -0.25) is 4.79 Å². The number of ether oxygens (including phenoxy) is 1. The number of amides is 1. The Kier molecular flexibility index (Phi) is 5.93. The van der Waals surface area contributed by atoms with Gasteiger partial charge in [0.15, 0.2) is 0 Å². The zero-order valence-corrected chi connectivity index (χ0v) is 17.3. The number of carbonyl (C=O) groups excluding carboxylic acids is 1. The molecule has 3 rings (SSSR count). The highest BCUT2D eigenvalue weighted by molar-refractivity contribution is 7.93. The van der Waals surface area contributed by atoms with E-state index in [-0.39, 0.29) is 10.8 Å². The van der Waals surface area contributed by atoms with Crippen molar-refractivity contribution in [3.05, 3.63) is 86.5 Å². The highest BCUT2D eigenvalue weighted by Crippen LogP contribution is 2.29. The van der Waals surface area contributed by atoms with Gasteiger partial charge in [0.05, 0.1) is 17.3 Å². The second-order valence-electron chi connectivity index (χ2n) is 6.83. The van der Waals surface area contributed by atoms with Crippen LogP contribution >= 0.6 is 0 Å². The van der Waals surface area contributed by atoms with Gasteiger partial charge >= 0.3 is 0 Å². The molecule has 0 spiro atoms. The summed E-state index contributed by atoms with van der Waals surface area (Å²) in [4.78, 5) is 12.3. The van der Waals surface area contributed by atoms with Crippen LogP contribution in [0.1, 0.15) is 30.9 Å². The Morgan fingerprint density at radius 2 is 2.00 bits per heavy atom. The van der Waals surface area contributed by atoms with Crippen molar-refractivity contribution in [1.29, 1.82) is 5.26 Å². The number of allylic oxidation sites excluding steroid dienone is 5. The number of nitrogens with two attached hydrogens (primary N) is 1. The molecule has 0 saturated carbocycles. The van der Waals surface area contributed by atoms with Crippen LogP contribution in [0.5, 0.6) is 5.75 Å². The van der Waals surface area contributed by atoms with E-state index >= 15 is 0 Å². The van der Waals surface area contributed by atoms with Gasteiger partial charge in [0, 0.05) is 12.0 Å². The fourth-order valence-corrected chi connectivity index (χ4v) is 3.40. The molecule has 2 aliphatic carbocycles. The molecule has 0 heterocycles. The van der Waals surface area contributed by atoms with Crippen molar-refractivity contribution < 1.29 is 17.9 Å². The van der Waals surface area contributed by atoms with E-state index in [0.717, 1.165) is 16.9 Å². The zero-order chi connectivity index (χ0) is 21.9. The number of benzene rings is 1. The molecule has 0 aliphatic heterocycles. The summed E-state index contributed by atoms with van der Waals surface area (Å²) in [6.07, 6.45) is 5.45. The van der Waals surface area contributed by atoms with Crippen molar-refractivity contribution >= 4 is 15.9 Å². The SMILES string of the molecule is CC1=C(Oc2ccc(C#N)cc2C)CCC(C(=O)NC2=C=C=C(S(N)(=O)=O)C=C2)=C1. The van der Waals surface area contributed by atoms with Crippen LogP contribution in [0.25, 0.3) is 0 Å². The molecular formula is C22H19N3O4S. The summed E-state index contributed by atoms with van der Waals surface area (Å²) in [5, 5.41) is 16.7. The zero-order valence-electron chi connectivity index (χ0n) is 16.4. The van der Waals surface area contributed by atoms with E-state index in [9.17, 15) is 13.2 Å². The standard InChI is InChI=1S/C22H19N3O4S/c1-14-11-16(13-23)3-9-20(14)29-21-10-4-17(12-15(21)2)22(26)25-18-5-7-19(8-6-18)30(24,27)28/h3,5,7,9,11-12H,4,10H2,1-2H3,(H,25,26)(H2,24,27,28). The third-order valence-electron chi connectivity index (χ3n) is 4.56. The molecule has 0 bridgehead atoms. The first-order valence-electron chi connectivity index (χ1n) is 9.04. The van der Waals surface area contributed by atoms with Crippen LogP contribution in [0.2, 0.25) is 0 Å². The molecule has 0 fully saturated rings. The second kappa shape index (κ2) is 8.42. The summed E-state index contributed by atoms with van der Waals surface area (Å²) in [5.74, 6) is 1.12. The van der Waals surface area contributed by atoms with Crippen molar-refractivity contribution in [2.24, 2.45) is 5.14 Å². The van der Waals surface area contributed by atoms with E-state index in [1.54, 1.807) is 24.3 Å². The molecule has 152 valence electrons. The van der Waals surface area contributed by atoms with Crippen molar-refractivity contribution in [3.63, 3.8) is 0 Å². The van der Waals surface area contributed by atoms with Gasteiger partial charge in [-0.2, -0.15) is 5.26 Å². The molecular weight excluding hydrogens is 402 g/mol. The Morgan fingerprint density at radius 1 is 1.23 bits per heavy atom. The second-order valence-corrected chi connectivity index (χ2v) is 8.36. The predicted octanol–water partition coefficient (Wildman–Crippen LogP) is 2.74. The van der Waals surface area contributed by atoms with Crippen LogP contribution in [-0.4, -0.2) is 14.3 Å². The van der Waals surface area contributed by atoms with Gasteiger partial charge in [-0.15, -0.1) is 0 Å². The molecule has 30 heavy (non-hydrogen) atoms. The maximum absolute atomic E-state index is 12.5. The Balaban J connectivity index is 1.75. The van der Waals surface area contributed by atoms with Gasteiger partial charge in [0.1, 0.15) is 16.4 Å². The van der Waals surface area contributed by atoms with E-state index in [2.05, 4.69) is 22.8 Å². The third kappa shape index (κ3) is 4.87. The topological polar surface area (TPSA) is 122 Å². The summed E-state index contributed by atoms with van der Waals surface area (Å²) in [6, 6.07) is 7.32. The lowest BCUT2D eigenvalue weighted by Gasteiger charge is -2.19. The van der Waals surface area contributed by atoms with Gasteiger partial charge in [-0.25, -0.2) is 13.6 Å². The van der Waals surface area contributed by atoms with Crippen molar-refractivity contribution in [2.75, 3.05) is 0 Å². The number of sulfonamides is 1. The highest BCUT2D eigenvalue weighted by Gasteiger charge is 2.19. The van der Waals surface area contributed by atoms with Crippen molar-refractivity contribution in [3.8, 4) is 11.8 Å². The van der Waals surface area contributed by atoms with E-state index in [1.165, 1.54) is 12.2 Å². The number of hydrogen-bond acceptors (Lipinski definition) is 5. The highest BCUT2D eigenvalue weighted by atomic mass is 32.2. The van der Waals surface area contributed by atoms with Crippen LogP contribution in [0, 0.1) is 18.3 Å². The van der Waals surface area contributed by atoms with Crippen LogP contribution in [0.15, 0.2) is 75.4 Å². The maximum atomic E-state index is 12.5. The molecule has 3 N–H and O–H groups in total. The Labute approximate surface area is 174 Å². The number of hydrogen-bond donors (Lipinski definition) is 2. The van der Waals surface area contributed by atoms with E-state index < -0.39 is 10.0 Å². The molecule has 1 aromatic carbocycles. The maximum Gasteiger partial charge on any atom is 0.252 e. The van der Waals surface area contributed by atoms with Crippen LogP contribution < -0.4 is 15.2 Å². The molecule has 0 atom stereocenters. The number of primary sulfonamides is 1. The monoisotopic (exact) mass is 421 g/mol. The van der Waals surface area contributed by atoms with Crippen LogP contribution in [0.3, 0.4) is 0 Å². The molecule has 7 nitrogen and oxygen atoms in total. The summed E-state index contributed by atoms with van der Waals surface area (Å²) >= 11 is 0. The van der Waals surface area contributed by atoms with E-state index in [1.807, 2.05) is 13.8 Å². The largest absolute Gasteiger partial charge is 0.461 e. The van der Waals surface area contributed by atoms with Crippen molar-refractivity contribution in [2.45, 2.75) is 26.7 Å². The fraction of sp³-hybridized carbons (Fsp3) is 0.182. The molecule has 0 aromatic heterocycles. The van der Waals surface area contributed by atoms with Gasteiger partial charge in [0.2, 0.25) is 10.0 Å². The number of carbonyl (C=O) groups is 1. The average Bonchev–Trinajstić information content (AvgIpc) is 2.70. The summed E-state index contributed by atoms with van der Waals surface area (Å²) in [6.45, 7) is 3.74. The summed E-state index contributed by atoms with van der Waals surface area (Å²) in [7, 11) is -3.86. The normalized spacial score (nSPS) is 15.7. The Morgan fingerprint density at radius 3 is 2.57 bits per heavy atom. The quantitative estimate of drug-likeness (QED) is 0.708. The molecule has 0 saturated heterocycles. The summed E-state index contributed by atoms with van der Waals surface area (Å²) in [5.41, 5.74) is 8.12. The minimum absolute atomic E-state index is 0.198. The van der Waals surface area contributed by atoms with Crippen molar-refractivity contribution in [1.82, 2.24) is 5.32 Å². The smallest absolute Gasteiger partial charge is 0.252 e. The minimum atomic E-state index is -3.86. The van der Waals surface area contributed by atoms with Gasteiger partial charge in [0.25, 0.3) is 5.91 Å². The number of nitriles is 1. The first kappa shape index (κ1) is 21.1. The number of nitrogens with zero attached hydrogens (tertiary/aromatic N) is 1. The molecule has 2 aliphatic rings. The molecule has 1 aromatic rings. The lowest BCUT2D eigenvalue weighted by molar-refractivity contribution is -0.116. The van der Waals surface area contributed by atoms with E-state index in [0.29, 0.717) is 35.4 Å².